The van der Waals surface area contributed by atoms with Crippen molar-refractivity contribution in [2.75, 3.05) is 21.1 Å². The Morgan fingerprint density at radius 1 is 1.17 bits per heavy atom. The Labute approximate surface area is 73.5 Å². The molecule has 0 aliphatic carbocycles. The second-order valence-corrected chi connectivity index (χ2v) is 2.86. The summed E-state index contributed by atoms with van der Waals surface area (Å²) in [5.74, 6) is 1.18. The maximum Gasteiger partial charge on any atom is 0.240 e. The van der Waals surface area contributed by atoms with E-state index in [1.165, 1.54) is 5.84 Å². The van der Waals surface area contributed by atoms with Crippen molar-refractivity contribution in [3.8, 4) is 0 Å². The first-order valence-corrected chi connectivity index (χ1v) is 4.22. The van der Waals surface area contributed by atoms with Gasteiger partial charge in [0.1, 0.15) is 0 Å². The van der Waals surface area contributed by atoms with E-state index in [2.05, 4.69) is 5.32 Å². The molecule has 0 radical (unpaired) electrons. The topological polar surface area (TPSA) is 107 Å². The first-order valence-electron chi connectivity index (χ1n) is 2.99. The van der Waals surface area contributed by atoms with Crippen molar-refractivity contribution in [2.24, 2.45) is 0 Å². The van der Waals surface area contributed by atoms with E-state index in [0.29, 0.717) is 0 Å². The Balaban J connectivity index is 0. The molecule has 0 fully saturated rings. The van der Waals surface area contributed by atoms with Gasteiger partial charge in [-0.15, -0.1) is 10.2 Å². The van der Waals surface area contributed by atoms with E-state index in [4.69, 9.17) is 18.6 Å². The number of hydrogen-bond acceptors (Lipinski definition) is 4. The maximum absolute atomic E-state index is 8.49. The van der Waals surface area contributed by atoms with Gasteiger partial charge in [-0.1, -0.05) is 0 Å². The summed E-state index contributed by atoms with van der Waals surface area (Å²) in [6, 6.07) is 0. The number of halogens is 1. The Hall–Kier alpha value is -0.400. The lowest BCUT2D eigenvalue weighted by Crippen LogP contribution is -2.68. The van der Waals surface area contributed by atoms with E-state index in [1.807, 2.05) is 32.6 Å². The molecule has 0 aromatic carbocycles. The van der Waals surface area contributed by atoms with Gasteiger partial charge in [0, 0.05) is 6.92 Å². The minimum Gasteiger partial charge on any atom is -0.281 e. The van der Waals surface area contributed by atoms with Gasteiger partial charge in [0.15, 0.2) is 0 Å². The Morgan fingerprint density at radius 2 is 1.42 bits per heavy atom. The van der Waals surface area contributed by atoms with Gasteiger partial charge in [-0.25, -0.2) is 18.6 Å². The molecule has 0 rings (SSSR count). The van der Waals surface area contributed by atoms with Crippen LogP contribution in [0.2, 0.25) is 0 Å². The largest absolute Gasteiger partial charge is 0.281 e. The molecular weight excluding hydrogens is 188 g/mol. The van der Waals surface area contributed by atoms with Crippen LogP contribution in [0.5, 0.6) is 0 Å². The lowest BCUT2D eigenvalue weighted by atomic mass is 10.6. The monoisotopic (exact) mass is 200 g/mol. The molecule has 0 spiro atoms. The zero-order chi connectivity index (χ0) is 10.4. The van der Waals surface area contributed by atoms with Gasteiger partial charge in [0.05, 0.1) is 21.1 Å². The Bertz CT molecular complexity index is 144. The predicted molar refractivity (Wildman–Crippen MR) is 31.8 cm³/mol. The minimum atomic E-state index is -4.94. The van der Waals surface area contributed by atoms with Gasteiger partial charge in [0.25, 0.3) is 0 Å². The SMILES string of the molecule is CNC(C)=[N+](C)C.[O-][Cl+3]([O-])([O-])[O-]. The molecule has 12 heavy (non-hydrogen) atoms. The van der Waals surface area contributed by atoms with E-state index >= 15 is 0 Å². The molecule has 0 heterocycles. The van der Waals surface area contributed by atoms with Crippen LogP contribution in [0.25, 0.3) is 0 Å². The number of hydrogen-bond donors (Lipinski definition) is 1. The second-order valence-electron chi connectivity index (χ2n) is 2.11. The third kappa shape index (κ3) is 22.6. The fourth-order valence-electron chi connectivity index (χ4n) is 0.224. The fourth-order valence-corrected chi connectivity index (χ4v) is 0.224. The van der Waals surface area contributed by atoms with Crippen LogP contribution >= 0.6 is 0 Å². The van der Waals surface area contributed by atoms with Crippen molar-refractivity contribution in [3.63, 3.8) is 0 Å². The predicted octanol–water partition coefficient (Wildman–Crippen LogP) is -4.86. The number of rotatable bonds is 0. The van der Waals surface area contributed by atoms with E-state index in [0.717, 1.165) is 0 Å². The van der Waals surface area contributed by atoms with Crippen molar-refractivity contribution < 1.29 is 33.5 Å². The highest BCUT2D eigenvalue weighted by atomic mass is 35.7. The molecule has 1 N–H and O–H groups in total. The highest BCUT2D eigenvalue weighted by Gasteiger charge is 1.88. The molecule has 0 amide bonds. The van der Waals surface area contributed by atoms with Gasteiger partial charge in [-0.3, -0.25) is 9.89 Å². The van der Waals surface area contributed by atoms with Gasteiger partial charge in [-0.05, 0) is 0 Å². The average molecular weight is 201 g/mol. The molecule has 0 aliphatic heterocycles. The van der Waals surface area contributed by atoms with E-state index in [9.17, 15) is 0 Å². The standard InChI is InChI=1S/C5H12N2.ClHO4/c1-5(6-2)7(3)4;2-1(3,4)5/h1-4H3;(H,2,3,4,5). The van der Waals surface area contributed by atoms with Crippen molar-refractivity contribution in [2.45, 2.75) is 6.92 Å². The summed E-state index contributed by atoms with van der Waals surface area (Å²) < 4.78 is 36.0. The molecule has 7 heteroatoms. The molecule has 0 aromatic rings. The zero-order valence-corrected chi connectivity index (χ0v) is 8.21. The summed E-state index contributed by atoms with van der Waals surface area (Å²) in [6.07, 6.45) is 0. The van der Waals surface area contributed by atoms with Gasteiger partial charge < -0.3 is 0 Å². The number of nitrogens with zero attached hydrogens (tertiary/aromatic N) is 1. The third-order valence-electron chi connectivity index (χ3n) is 1.03. The van der Waals surface area contributed by atoms with Crippen molar-refractivity contribution >= 4 is 5.84 Å². The van der Waals surface area contributed by atoms with Gasteiger partial charge in [-0.2, -0.15) is 0 Å². The average Bonchev–Trinajstić information content (AvgIpc) is 1.82. The normalized spacial score (nSPS) is 9.67. The molecule has 0 unspecified atom stereocenters. The highest BCUT2D eigenvalue weighted by Crippen LogP contribution is 1.60. The minimum absolute atomic E-state index is 1.18. The number of amidine groups is 1. The van der Waals surface area contributed by atoms with Crippen LogP contribution in [0.3, 0.4) is 0 Å². The molecule has 0 atom stereocenters. The summed E-state index contributed by atoms with van der Waals surface area (Å²) in [5, 5.41) is 3.01. The van der Waals surface area contributed by atoms with E-state index in [-0.39, 0.29) is 0 Å². The summed E-state index contributed by atoms with van der Waals surface area (Å²) in [6.45, 7) is 2.03. The van der Waals surface area contributed by atoms with Gasteiger partial charge >= 0.3 is 0 Å². The Kier molecular flexibility index (Phi) is 7.25. The maximum atomic E-state index is 8.49. The molecule has 6 nitrogen and oxygen atoms in total. The third-order valence-corrected chi connectivity index (χ3v) is 1.03. The molecule has 0 aromatic heterocycles. The molecule has 0 aliphatic rings. The van der Waals surface area contributed by atoms with Crippen LogP contribution in [0.15, 0.2) is 0 Å². The van der Waals surface area contributed by atoms with Crippen molar-refractivity contribution in [3.05, 3.63) is 0 Å². The van der Waals surface area contributed by atoms with E-state index in [1.54, 1.807) is 0 Å². The first kappa shape index (κ1) is 14.1. The van der Waals surface area contributed by atoms with Gasteiger partial charge in [0.2, 0.25) is 5.84 Å². The fraction of sp³-hybridized carbons (Fsp3) is 0.800. The van der Waals surface area contributed by atoms with Crippen LogP contribution in [0, 0.1) is 10.2 Å². The molecule has 0 bridgehead atoms. The molecule has 0 saturated carbocycles. The van der Waals surface area contributed by atoms with Crippen LogP contribution in [0.1, 0.15) is 6.92 Å². The van der Waals surface area contributed by atoms with Crippen LogP contribution in [0.4, 0.5) is 0 Å². The first-order chi connectivity index (χ1) is 5.18. The zero-order valence-electron chi connectivity index (χ0n) is 7.46. The lowest BCUT2D eigenvalue weighted by molar-refractivity contribution is -2.00. The molecule has 74 valence electrons. The summed E-state index contributed by atoms with van der Waals surface area (Å²) in [7, 11) is 0.979. The van der Waals surface area contributed by atoms with E-state index < -0.39 is 10.2 Å². The highest BCUT2D eigenvalue weighted by molar-refractivity contribution is 5.73. The molecular formula is C5H13ClN2O4. The van der Waals surface area contributed by atoms with Crippen molar-refractivity contribution in [1.82, 2.24) is 5.32 Å². The summed E-state index contributed by atoms with van der Waals surface area (Å²) in [5.41, 5.74) is 0. The smallest absolute Gasteiger partial charge is 0.240 e. The summed E-state index contributed by atoms with van der Waals surface area (Å²) >= 11 is 0. The van der Waals surface area contributed by atoms with Crippen LogP contribution < -0.4 is 24.0 Å². The summed E-state index contributed by atoms with van der Waals surface area (Å²) in [4.78, 5) is 0. The molecule has 0 saturated heterocycles. The van der Waals surface area contributed by atoms with Crippen LogP contribution in [-0.2, 0) is 0 Å². The van der Waals surface area contributed by atoms with Crippen LogP contribution in [-0.4, -0.2) is 31.6 Å². The Morgan fingerprint density at radius 3 is 1.42 bits per heavy atom. The quantitative estimate of drug-likeness (QED) is 0.240. The second kappa shape index (κ2) is 6.15. The lowest BCUT2D eigenvalue weighted by Gasteiger charge is -2.17. The van der Waals surface area contributed by atoms with Crippen molar-refractivity contribution in [1.29, 1.82) is 0 Å². The number of nitrogens with one attached hydrogen (secondary N) is 1.